The molecule has 0 aliphatic heterocycles. The van der Waals surface area contributed by atoms with Crippen LogP contribution in [0, 0.1) is 0 Å². The summed E-state index contributed by atoms with van der Waals surface area (Å²) in [5, 5.41) is 0. The molecule has 1 atom stereocenters. The van der Waals surface area contributed by atoms with Crippen LogP contribution in [0.15, 0.2) is 0 Å². The molecular formula is C5H13O2P. The van der Waals surface area contributed by atoms with Crippen LogP contribution in [0.1, 0.15) is 20.3 Å². The highest BCUT2D eigenvalue weighted by Gasteiger charge is 1.92. The predicted molar refractivity (Wildman–Crippen MR) is 35.8 cm³/mol. The number of hydrogen-bond acceptors (Lipinski definition) is 2. The van der Waals surface area contributed by atoms with E-state index in [2.05, 4.69) is 0 Å². The summed E-state index contributed by atoms with van der Waals surface area (Å²) in [6, 6.07) is 0. The highest BCUT2D eigenvalue weighted by molar-refractivity contribution is 7.39. The fraction of sp³-hybridized carbons (Fsp3) is 1.00. The third kappa shape index (κ3) is 4.35. The second-order valence-electron chi connectivity index (χ2n) is 1.56. The molecule has 0 aromatic heterocycles. The second-order valence-corrected chi connectivity index (χ2v) is 3.09. The van der Waals surface area contributed by atoms with Crippen molar-refractivity contribution < 1.29 is 9.09 Å². The lowest BCUT2D eigenvalue weighted by molar-refractivity contribution is 0.350. The first-order chi connectivity index (χ1) is 3.81. The van der Waals surface area contributed by atoms with Gasteiger partial charge in [0.15, 0.2) is 8.03 Å². The van der Waals surface area contributed by atoms with E-state index >= 15 is 0 Å². The summed E-state index contributed by atoms with van der Waals surface area (Å²) in [5.74, 6) is 0. The van der Waals surface area contributed by atoms with Gasteiger partial charge in [-0.15, -0.1) is 0 Å². The van der Waals surface area contributed by atoms with Crippen molar-refractivity contribution in [2.75, 3.05) is 12.8 Å². The van der Waals surface area contributed by atoms with E-state index in [1.807, 2.05) is 13.8 Å². The molecule has 0 rings (SSSR count). The Labute approximate surface area is 51.1 Å². The van der Waals surface area contributed by atoms with Crippen LogP contribution in [0.4, 0.5) is 0 Å². The van der Waals surface area contributed by atoms with Gasteiger partial charge in [0.05, 0.1) is 6.61 Å². The van der Waals surface area contributed by atoms with Gasteiger partial charge in [0.25, 0.3) is 0 Å². The fourth-order valence-electron chi connectivity index (χ4n) is 0.437. The smallest absolute Gasteiger partial charge is 0.191 e. The van der Waals surface area contributed by atoms with Gasteiger partial charge in [0, 0.05) is 6.16 Å². The fourth-order valence-corrected chi connectivity index (χ4v) is 1.31. The van der Waals surface area contributed by atoms with Crippen LogP contribution in [-0.4, -0.2) is 12.8 Å². The van der Waals surface area contributed by atoms with E-state index in [1.165, 1.54) is 0 Å². The molecule has 0 saturated carbocycles. The van der Waals surface area contributed by atoms with Crippen molar-refractivity contribution in [3.05, 3.63) is 0 Å². The Morgan fingerprint density at radius 2 is 2.12 bits per heavy atom. The predicted octanol–water partition coefficient (Wildman–Crippen LogP) is 1.91. The third-order valence-electron chi connectivity index (χ3n) is 0.759. The second kappa shape index (κ2) is 5.33. The van der Waals surface area contributed by atoms with Gasteiger partial charge >= 0.3 is 0 Å². The average Bonchev–Trinajstić information content (AvgIpc) is 1.68. The molecule has 0 aromatic carbocycles. The molecule has 3 heteroatoms. The molecule has 0 bridgehead atoms. The normalized spacial score (nSPS) is 13.8. The van der Waals surface area contributed by atoms with Crippen LogP contribution in [0.25, 0.3) is 0 Å². The van der Waals surface area contributed by atoms with Gasteiger partial charge < -0.3 is 4.52 Å². The van der Waals surface area contributed by atoms with Crippen molar-refractivity contribution in [2.45, 2.75) is 20.3 Å². The molecule has 0 N–H and O–H groups in total. The summed E-state index contributed by atoms with van der Waals surface area (Å²) < 4.78 is 15.4. The molecule has 0 fully saturated rings. The minimum absolute atomic E-state index is 0.581. The van der Waals surface area contributed by atoms with E-state index < -0.39 is 8.03 Å². The quantitative estimate of drug-likeness (QED) is 0.552. The van der Waals surface area contributed by atoms with Crippen molar-refractivity contribution >= 4 is 8.03 Å². The first kappa shape index (κ1) is 8.19. The van der Waals surface area contributed by atoms with Crippen molar-refractivity contribution in [1.82, 2.24) is 0 Å². The molecule has 0 heterocycles. The first-order valence-electron chi connectivity index (χ1n) is 2.96. The molecular weight excluding hydrogens is 123 g/mol. The molecule has 1 unspecified atom stereocenters. The van der Waals surface area contributed by atoms with Gasteiger partial charge in [-0.1, -0.05) is 6.92 Å². The Bertz CT molecular complexity index is 64.8. The summed E-state index contributed by atoms with van der Waals surface area (Å²) in [7, 11) is -1.64. The molecule has 0 saturated heterocycles. The molecule has 0 radical (unpaired) electrons. The van der Waals surface area contributed by atoms with Gasteiger partial charge in [0.1, 0.15) is 0 Å². The lowest BCUT2D eigenvalue weighted by Crippen LogP contribution is -1.80. The van der Waals surface area contributed by atoms with E-state index in [1.54, 1.807) is 0 Å². The zero-order valence-electron chi connectivity index (χ0n) is 5.44. The van der Waals surface area contributed by atoms with Crippen LogP contribution in [0.3, 0.4) is 0 Å². The van der Waals surface area contributed by atoms with Crippen LogP contribution >= 0.6 is 8.03 Å². The zero-order valence-corrected chi connectivity index (χ0v) is 6.44. The van der Waals surface area contributed by atoms with Gasteiger partial charge in [0.2, 0.25) is 0 Å². The lowest BCUT2D eigenvalue weighted by atomic mass is 10.6. The van der Waals surface area contributed by atoms with Gasteiger partial charge in [-0.25, -0.2) is 0 Å². The molecule has 0 aliphatic rings. The maximum Gasteiger partial charge on any atom is 0.191 e. The molecule has 8 heavy (non-hydrogen) atoms. The van der Waals surface area contributed by atoms with Crippen molar-refractivity contribution in [1.29, 1.82) is 0 Å². The van der Waals surface area contributed by atoms with Gasteiger partial charge in [-0.3, -0.25) is 4.57 Å². The zero-order chi connectivity index (χ0) is 6.41. The molecule has 50 valence electrons. The lowest BCUT2D eigenvalue weighted by Gasteiger charge is -1.96. The largest absolute Gasteiger partial charge is 0.331 e. The summed E-state index contributed by atoms with van der Waals surface area (Å²) in [4.78, 5) is 0. The SMILES string of the molecule is CCC[PH](=O)OCC. The van der Waals surface area contributed by atoms with E-state index in [-0.39, 0.29) is 0 Å². The van der Waals surface area contributed by atoms with E-state index in [0.29, 0.717) is 6.61 Å². The van der Waals surface area contributed by atoms with Crippen molar-refractivity contribution in [2.24, 2.45) is 0 Å². The highest BCUT2D eigenvalue weighted by Crippen LogP contribution is 2.21. The Morgan fingerprint density at radius 3 is 2.50 bits per heavy atom. The monoisotopic (exact) mass is 136 g/mol. The van der Waals surface area contributed by atoms with Crippen LogP contribution < -0.4 is 0 Å². The summed E-state index contributed by atoms with van der Waals surface area (Å²) in [5.41, 5.74) is 0. The number of hydrogen-bond donors (Lipinski definition) is 0. The van der Waals surface area contributed by atoms with E-state index in [0.717, 1.165) is 12.6 Å². The molecule has 0 amide bonds. The van der Waals surface area contributed by atoms with Crippen LogP contribution in [0.5, 0.6) is 0 Å². The Kier molecular flexibility index (Phi) is 5.46. The maximum atomic E-state index is 10.6. The minimum Gasteiger partial charge on any atom is -0.331 e. The topological polar surface area (TPSA) is 26.3 Å². The molecule has 0 aromatic rings. The van der Waals surface area contributed by atoms with E-state index in [9.17, 15) is 4.57 Å². The Hall–Kier alpha value is 0.190. The number of rotatable bonds is 4. The minimum atomic E-state index is -1.64. The van der Waals surface area contributed by atoms with Gasteiger partial charge in [-0.05, 0) is 13.3 Å². The van der Waals surface area contributed by atoms with Crippen LogP contribution in [-0.2, 0) is 9.09 Å². The van der Waals surface area contributed by atoms with Crippen LogP contribution in [0.2, 0.25) is 0 Å². The van der Waals surface area contributed by atoms with Crippen molar-refractivity contribution in [3.8, 4) is 0 Å². The maximum absolute atomic E-state index is 10.6. The summed E-state index contributed by atoms with van der Waals surface area (Å²) in [6.07, 6.45) is 1.69. The van der Waals surface area contributed by atoms with Gasteiger partial charge in [-0.2, -0.15) is 0 Å². The average molecular weight is 136 g/mol. The Morgan fingerprint density at radius 1 is 1.50 bits per heavy atom. The summed E-state index contributed by atoms with van der Waals surface area (Å²) in [6.45, 7) is 4.44. The highest BCUT2D eigenvalue weighted by atomic mass is 31.1. The Balaban J connectivity index is 3.06. The molecule has 0 aliphatic carbocycles. The summed E-state index contributed by atoms with van der Waals surface area (Å²) >= 11 is 0. The third-order valence-corrected chi connectivity index (χ3v) is 2.28. The first-order valence-corrected chi connectivity index (χ1v) is 4.49. The molecule has 0 spiro atoms. The standard InChI is InChI=1S/C5H13O2P/c1-3-5-8(6)7-4-2/h8H,3-5H2,1-2H3. The molecule has 2 nitrogen and oxygen atoms in total. The van der Waals surface area contributed by atoms with Crippen molar-refractivity contribution in [3.63, 3.8) is 0 Å². The van der Waals surface area contributed by atoms with E-state index in [4.69, 9.17) is 4.52 Å².